The number of hydrogen-bond donors (Lipinski definition) is 1. The van der Waals surface area contributed by atoms with Crippen molar-refractivity contribution in [3.63, 3.8) is 0 Å². The quantitative estimate of drug-likeness (QED) is 0.788. The van der Waals surface area contributed by atoms with Gasteiger partial charge in [-0.1, -0.05) is 17.7 Å². The van der Waals surface area contributed by atoms with E-state index >= 15 is 0 Å². The van der Waals surface area contributed by atoms with Gasteiger partial charge in [0.2, 0.25) is 15.9 Å². The highest BCUT2D eigenvalue weighted by Gasteiger charge is 2.33. The van der Waals surface area contributed by atoms with Crippen molar-refractivity contribution in [3.8, 4) is 0 Å². The third kappa shape index (κ3) is 4.49. The van der Waals surface area contributed by atoms with Gasteiger partial charge in [0.25, 0.3) is 5.56 Å². The van der Waals surface area contributed by atoms with E-state index in [1.54, 1.807) is 12.3 Å². The third-order valence-electron chi connectivity index (χ3n) is 5.62. The molecule has 1 aromatic carbocycles. The molecule has 0 bridgehead atoms. The van der Waals surface area contributed by atoms with Gasteiger partial charge in [-0.2, -0.15) is 4.31 Å². The van der Waals surface area contributed by atoms with Gasteiger partial charge >= 0.3 is 0 Å². The van der Waals surface area contributed by atoms with E-state index < -0.39 is 10.0 Å². The van der Waals surface area contributed by atoms with Crippen molar-refractivity contribution < 1.29 is 13.2 Å². The minimum absolute atomic E-state index is 0.115. The number of anilines is 1. The molecule has 0 unspecified atom stereocenters. The number of pyridine rings is 1. The molecule has 1 aromatic heterocycles. The Bertz CT molecular complexity index is 1090. The molecule has 1 saturated heterocycles. The maximum Gasteiger partial charge on any atom is 0.250 e. The van der Waals surface area contributed by atoms with E-state index in [0.29, 0.717) is 43.1 Å². The SMILES string of the molecule is CCn1cc(NC(=O)C2CCN(S(=O)(=O)c3c(C)cc(C)cc3C)CC2)ccc1=O. The minimum atomic E-state index is -3.60. The van der Waals surface area contributed by atoms with Gasteiger partial charge in [0.15, 0.2) is 0 Å². The van der Waals surface area contributed by atoms with Crippen LogP contribution in [0.1, 0.15) is 36.5 Å². The van der Waals surface area contributed by atoms with Crippen LogP contribution < -0.4 is 10.9 Å². The predicted octanol–water partition coefficient (Wildman–Crippen LogP) is 2.83. The summed E-state index contributed by atoms with van der Waals surface area (Å²) in [6.07, 6.45) is 2.55. The highest BCUT2D eigenvalue weighted by atomic mass is 32.2. The minimum Gasteiger partial charge on any atom is -0.325 e. The average molecular weight is 432 g/mol. The van der Waals surface area contributed by atoms with E-state index in [-0.39, 0.29) is 17.4 Å². The van der Waals surface area contributed by atoms with Crippen LogP contribution in [-0.4, -0.2) is 36.3 Å². The number of nitrogens with zero attached hydrogens (tertiary/aromatic N) is 2. The fourth-order valence-corrected chi connectivity index (χ4v) is 6.04. The zero-order valence-electron chi connectivity index (χ0n) is 17.9. The van der Waals surface area contributed by atoms with E-state index in [9.17, 15) is 18.0 Å². The van der Waals surface area contributed by atoms with Crippen LogP contribution in [0.25, 0.3) is 0 Å². The molecular formula is C22H29N3O4S. The summed E-state index contributed by atoms with van der Waals surface area (Å²) in [4.78, 5) is 24.7. The number of hydrogen-bond acceptors (Lipinski definition) is 4. The van der Waals surface area contributed by atoms with Crippen LogP contribution in [0.15, 0.2) is 40.2 Å². The lowest BCUT2D eigenvalue weighted by Crippen LogP contribution is -2.41. The molecule has 0 aliphatic carbocycles. The number of carbonyl (C=O) groups excluding carboxylic acids is 1. The number of benzene rings is 1. The van der Waals surface area contributed by atoms with Gasteiger partial charge in [-0.05, 0) is 57.7 Å². The Morgan fingerprint density at radius 3 is 2.27 bits per heavy atom. The van der Waals surface area contributed by atoms with Crippen LogP contribution >= 0.6 is 0 Å². The average Bonchev–Trinajstić information content (AvgIpc) is 2.68. The molecule has 1 amide bonds. The van der Waals surface area contributed by atoms with E-state index in [1.165, 1.54) is 14.9 Å². The van der Waals surface area contributed by atoms with Crippen molar-refractivity contribution in [1.82, 2.24) is 8.87 Å². The number of aryl methyl sites for hydroxylation is 4. The van der Waals surface area contributed by atoms with Gasteiger partial charge < -0.3 is 9.88 Å². The molecular weight excluding hydrogens is 402 g/mol. The highest BCUT2D eigenvalue weighted by molar-refractivity contribution is 7.89. The number of amides is 1. The second-order valence-corrected chi connectivity index (χ2v) is 9.81. The molecule has 1 aliphatic heterocycles. The number of sulfonamides is 1. The molecule has 0 atom stereocenters. The van der Waals surface area contributed by atoms with Crippen molar-refractivity contribution in [3.05, 3.63) is 57.5 Å². The lowest BCUT2D eigenvalue weighted by Gasteiger charge is -2.31. The molecule has 0 spiro atoms. The van der Waals surface area contributed by atoms with Gasteiger partial charge in [0.1, 0.15) is 0 Å². The summed E-state index contributed by atoms with van der Waals surface area (Å²) in [5.41, 5.74) is 2.99. The summed E-state index contributed by atoms with van der Waals surface area (Å²) in [7, 11) is -3.60. The highest BCUT2D eigenvalue weighted by Crippen LogP contribution is 2.29. The monoisotopic (exact) mass is 431 g/mol. The first-order valence-corrected chi connectivity index (χ1v) is 11.7. The molecule has 2 aromatic rings. The second kappa shape index (κ2) is 8.73. The van der Waals surface area contributed by atoms with Crippen molar-refractivity contribution in [2.24, 2.45) is 5.92 Å². The van der Waals surface area contributed by atoms with Crippen molar-refractivity contribution in [1.29, 1.82) is 0 Å². The smallest absolute Gasteiger partial charge is 0.250 e. The molecule has 162 valence electrons. The van der Waals surface area contributed by atoms with Crippen LogP contribution in [0, 0.1) is 26.7 Å². The molecule has 8 heteroatoms. The summed E-state index contributed by atoms with van der Waals surface area (Å²) in [6.45, 7) is 8.60. The number of aromatic nitrogens is 1. The van der Waals surface area contributed by atoms with Crippen LogP contribution in [0.2, 0.25) is 0 Å². The van der Waals surface area contributed by atoms with E-state index in [1.807, 2.05) is 39.8 Å². The Morgan fingerprint density at radius 1 is 1.10 bits per heavy atom. The maximum atomic E-state index is 13.2. The first kappa shape index (κ1) is 22.2. The Labute approximate surface area is 177 Å². The zero-order chi connectivity index (χ0) is 22.1. The number of nitrogens with one attached hydrogen (secondary N) is 1. The summed E-state index contributed by atoms with van der Waals surface area (Å²) < 4.78 is 29.4. The fourth-order valence-electron chi connectivity index (χ4n) is 4.16. The largest absolute Gasteiger partial charge is 0.325 e. The Morgan fingerprint density at radius 2 is 1.70 bits per heavy atom. The van der Waals surface area contributed by atoms with Gasteiger partial charge in [0, 0.05) is 37.8 Å². The predicted molar refractivity (Wildman–Crippen MR) is 117 cm³/mol. The van der Waals surface area contributed by atoms with E-state index in [4.69, 9.17) is 0 Å². The summed E-state index contributed by atoms with van der Waals surface area (Å²) >= 11 is 0. The maximum absolute atomic E-state index is 13.2. The number of carbonyl (C=O) groups is 1. The number of rotatable bonds is 5. The van der Waals surface area contributed by atoms with Crippen LogP contribution in [0.4, 0.5) is 5.69 Å². The Hall–Kier alpha value is -2.45. The molecule has 1 aliphatic rings. The molecule has 0 radical (unpaired) electrons. The van der Waals surface area contributed by atoms with Gasteiger partial charge in [-0.25, -0.2) is 8.42 Å². The van der Waals surface area contributed by atoms with Crippen molar-refractivity contribution >= 4 is 21.6 Å². The second-order valence-electron chi connectivity index (χ2n) is 7.94. The molecule has 0 saturated carbocycles. The Kier molecular flexibility index (Phi) is 6.47. The first-order chi connectivity index (χ1) is 14.1. The molecule has 2 heterocycles. The van der Waals surface area contributed by atoms with Gasteiger partial charge in [-0.3, -0.25) is 9.59 Å². The molecule has 1 N–H and O–H groups in total. The lowest BCUT2D eigenvalue weighted by molar-refractivity contribution is -0.120. The standard InChI is InChI=1S/C22H29N3O4S/c1-5-24-14-19(6-7-20(24)26)23-22(27)18-8-10-25(11-9-18)30(28,29)21-16(3)12-15(2)13-17(21)4/h6-7,12-14,18H,5,8-11H2,1-4H3,(H,23,27). The molecule has 7 nitrogen and oxygen atoms in total. The summed E-state index contributed by atoms with van der Waals surface area (Å²) in [5, 5.41) is 2.86. The molecule has 1 fully saturated rings. The first-order valence-electron chi connectivity index (χ1n) is 10.2. The van der Waals surface area contributed by atoms with Crippen LogP contribution in [-0.2, 0) is 21.4 Å². The zero-order valence-corrected chi connectivity index (χ0v) is 18.8. The number of piperidine rings is 1. The van der Waals surface area contributed by atoms with Crippen LogP contribution in [0.5, 0.6) is 0 Å². The third-order valence-corrected chi connectivity index (χ3v) is 7.82. The van der Waals surface area contributed by atoms with Crippen molar-refractivity contribution in [2.75, 3.05) is 18.4 Å². The van der Waals surface area contributed by atoms with Crippen molar-refractivity contribution in [2.45, 2.75) is 52.0 Å². The topological polar surface area (TPSA) is 88.5 Å². The van der Waals surface area contributed by atoms with E-state index in [0.717, 1.165) is 16.7 Å². The lowest BCUT2D eigenvalue weighted by atomic mass is 9.97. The van der Waals surface area contributed by atoms with E-state index in [2.05, 4.69) is 5.32 Å². The Balaban J connectivity index is 1.68. The summed E-state index contributed by atoms with van der Waals surface area (Å²) in [6, 6.07) is 6.79. The fraction of sp³-hybridized carbons (Fsp3) is 0.455. The van der Waals surface area contributed by atoms with Gasteiger partial charge in [0.05, 0.1) is 10.6 Å². The van der Waals surface area contributed by atoms with Crippen LogP contribution in [0.3, 0.4) is 0 Å². The summed E-state index contributed by atoms with van der Waals surface area (Å²) in [5.74, 6) is -0.408. The normalized spacial score (nSPS) is 15.9. The van der Waals surface area contributed by atoms with Gasteiger partial charge in [-0.15, -0.1) is 0 Å². The molecule has 3 rings (SSSR count). The molecule has 30 heavy (non-hydrogen) atoms.